The normalized spacial score (nSPS) is 17.8. The highest BCUT2D eigenvalue weighted by Crippen LogP contribution is 2.46. The molecule has 6 heteroatoms. The SMILES string of the molecule is Cc1ccc2c(c1)C(=O)C(N1c3ccc(C)cc3C(=O)C1(Cl)Cl)=N2. The van der Waals surface area contributed by atoms with E-state index >= 15 is 0 Å². The molecule has 0 amide bonds. The molecule has 4 nitrogen and oxygen atoms in total. The number of anilines is 1. The van der Waals surface area contributed by atoms with Crippen molar-refractivity contribution < 1.29 is 9.59 Å². The van der Waals surface area contributed by atoms with Gasteiger partial charge in [0.25, 0.3) is 4.46 Å². The van der Waals surface area contributed by atoms with Crippen LogP contribution in [0.1, 0.15) is 31.8 Å². The second kappa shape index (κ2) is 4.91. The van der Waals surface area contributed by atoms with E-state index in [9.17, 15) is 9.59 Å². The van der Waals surface area contributed by atoms with Crippen molar-refractivity contribution in [3.05, 3.63) is 58.7 Å². The van der Waals surface area contributed by atoms with Gasteiger partial charge in [-0.3, -0.25) is 14.5 Å². The average Bonchev–Trinajstić information content (AvgIpc) is 2.93. The molecule has 0 bridgehead atoms. The maximum atomic E-state index is 12.8. The lowest BCUT2D eigenvalue weighted by atomic mass is 10.1. The van der Waals surface area contributed by atoms with E-state index in [1.165, 1.54) is 4.90 Å². The number of rotatable bonds is 0. The average molecular weight is 359 g/mol. The van der Waals surface area contributed by atoms with Gasteiger partial charge >= 0.3 is 0 Å². The molecule has 0 atom stereocenters. The molecule has 4 rings (SSSR count). The summed E-state index contributed by atoms with van der Waals surface area (Å²) >= 11 is 12.7. The van der Waals surface area contributed by atoms with E-state index in [4.69, 9.17) is 23.2 Å². The number of carbonyl (C=O) groups is 2. The lowest BCUT2D eigenvalue weighted by Crippen LogP contribution is -2.46. The van der Waals surface area contributed by atoms with E-state index in [2.05, 4.69) is 4.99 Å². The van der Waals surface area contributed by atoms with Gasteiger partial charge in [-0.1, -0.05) is 46.5 Å². The van der Waals surface area contributed by atoms with Crippen LogP contribution in [0.15, 0.2) is 41.4 Å². The number of carbonyl (C=O) groups excluding carboxylic acids is 2. The number of benzene rings is 2. The molecule has 0 aromatic heterocycles. The molecule has 0 aliphatic carbocycles. The summed E-state index contributed by atoms with van der Waals surface area (Å²) in [6.07, 6.45) is 0. The highest BCUT2D eigenvalue weighted by molar-refractivity contribution is 6.68. The Kier molecular flexibility index (Phi) is 3.15. The summed E-state index contributed by atoms with van der Waals surface area (Å²) in [5.41, 5.74) is 3.79. The summed E-state index contributed by atoms with van der Waals surface area (Å²) < 4.78 is -1.89. The quantitative estimate of drug-likeness (QED) is 0.519. The first-order valence-electron chi connectivity index (χ1n) is 7.38. The molecular weight excluding hydrogens is 347 g/mol. The Morgan fingerprint density at radius 1 is 0.958 bits per heavy atom. The zero-order valence-corrected chi connectivity index (χ0v) is 14.4. The minimum Gasteiger partial charge on any atom is -0.288 e. The van der Waals surface area contributed by atoms with E-state index in [-0.39, 0.29) is 11.6 Å². The third kappa shape index (κ3) is 1.96. The Bertz CT molecular complexity index is 963. The molecule has 2 aliphatic rings. The fourth-order valence-electron chi connectivity index (χ4n) is 3.05. The standard InChI is InChI=1S/C18H12Cl2N2O2/c1-9-3-5-13-11(7-9)15(23)17(21-13)22-14-6-4-10(2)8-12(14)16(24)18(22,19)20/h3-8H,1-2H3. The van der Waals surface area contributed by atoms with E-state index in [1.54, 1.807) is 24.3 Å². The number of fused-ring (bicyclic) bond motifs is 2. The largest absolute Gasteiger partial charge is 0.288 e. The van der Waals surface area contributed by atoms with Crippen LogP contribution in [0.5, 0.6) is 0 Å². The van der Waals surface area contributed by atoms with Gasteiger partial charge in [-0.25, -0.2) is 4.99 Å². The van der Waals surface area contributed by atoms with Crippen molar-refractivity contribution in [2.45, 2.75) is 18.3 Å². The lowest BCUT2D eigenvalue weighted by Gasteiger charge is -2.27. The van der Waals surface area contributed by atoms with Crippen molar-refractivity contribution in [2.24, 2.45) is 4.99 Å². The first kappa shape index (κ1) is 15.4. The van der Waals surface area contributed by atoms with Gasteiger partial charge in [-0.15, -0.1) is 0 Å². The molecule has 0 radical (unpaired) electrons. The van der Waals surface area contributed by atoms with Gasteiger partial charge in [0.15, 0.2) is 5.84 Å². The second-order valence-electron chi connectivity index (χ2n) is 6.01. The van der Waals surface area contributed by atoms with Gasteiger partial charge < -0.3 is 0 Å². The van der Waals surface area contributed by atoms with Crippen LogP contribution in [-0.2, 0) is 0 Å². The minimum absolute atomic E-state index is 0.0663. The van der Waals surface area contributed by atoms with Crippen LogP contribution in [-0.4, -0.2) is 21.9 Å². The number of aliphatic imine (C=N–C) groups is 1. The van der Waals surface area contributed by atoms with Gasteiger partial charge in [0, 0.05) is 5.56 Å². The van der Waals surface area contributed by atoms with Crippen LogP contribution >= 0.6 is 23.2 Å². The molecule has 0 unspecified atom stereocenters. The number of amidine groups is 1. The molecule has 24 heavy (non-hydrogen) atoms. The van der Waals surface area contributed by atoms with E-state index in [0.29, 0.717) is 22.5 Å². The predicted octanol–water partition coefficient (Wildman–Crippen LogP) is 4.36. The monoisotopic (exact) mass is 358 g/mol. The van der Waals surface area contributed by atoms with Crippen LogP contribution in [0, 0.1) is 13.8 Å². The fraction of sp³-hybridized carbons (Fsp3) is 0.167. The van der Waals surface area contributed by atoms with E-state index in [0.717, 1.165) is 11.1 Å². The van der Waals surface area contributed by atoms with Gasteiger partial charge in [0.1, 0.15) is 0 Å². The molecule has 0 fully saturated rings. The van der Waals surface area contributed by atoms with Crippen molar-refractivity contribution in [3.8, 4) is 0 Å². The number of halogens is 2. The van der Waals surface area contributed by atoms with Crippen LogP contribution in [0.3, 0.4) is 0 Å². The van der Waals surface area contributed by atoms with Crippen LogP contribution in [0.25, 0.3) is 0 Å². The lowest BCUT2D eigenvalue weighted by molar-refractivity contribution is 0.0986. The maximum Gasteiger partial charge on any atom is 0.260 e. The molecule has 0 spiro atoms. The number of Topliss-reactive ketones (excluding diaryl/α,β-unsaturated/α-hetero) is 2. The molecule has 2 aliphatic heterocycles. The molecule has 2 aromatic carbocycles. The smallest absolute Gasteiger partial charge is 0.260 e. The first-order valence-corrected chi connectivity index (χ1v) is 8.14. The summed E-state index contributed by atoms with van der Waals surface area (Å²) in [7, 11) is 0. The van der Waals surface area contributed by atoms with Crippen molar-refractivity contribution in [1.29, 1.82) is 0 Å². The van der Waals surface area contributed by atoms with Crippen molar-refractivity contribution in [1.82, 2.24) is 0 Å². The molecule has 2 heterocycles. The number of hydrogen-bond donors (Lipinski definition) is 0. The van der Waals surface area contributed by atoms with Crippen molar-refractivity contribution in [3.63, 3.8) is 0 Å². The molecule has 0 N–H and O–H groups in total. The highest BCUT2D eigenvalue weighted by Gasteiger charge is 2.53. The Labute approximate surface area is 148 Å². The summed E-state index contributed by atoms with van der Waals surface area (Å²) in [6.45, 7) is 3.77. The zero-order valence-electron chi connectivity index (χ0n) is 12.9. The third-order valence-electron chi connectivity index (χ3n) is 4.23. The van der Waals surface area contributed by atoms with Gasteiger partial charge in [-0.05, 0) is 38.1 Å². The summed E-state index contributed by atoms with van der Waals surface area (Å²) in [5, 5.41) is 0. The number of alkyl halides is 2. The van der Waals surface area contributed by atoms with Gasteiger partial charge in [-0.2, -0.15) is 0 Å². The van der Waals surface area contributed by atoms with Crippen molar-refractivity contribution in [2.75, 3.05) is 4.90 Å². The minimum atomic E-state index is -1.89. The van der Waals surface area contributed by atoms with E-state index < -0.39 is 10.2 Å². The van der Waals surface area contributed by atoms with E-state index in [1.807, 2.05) is 26.0 Å². The summed E-state index contributed by atoms with van der Waals surface area (Å²) in [6, 6.07) is 10.7. The first-order chi connectivity index (χ1) is 11.3. The number of nitrogens with zero attached hydrogens (tertiary/aromatic N) is 2. The predicted molar refractivity (Wildman–Crippen MR) is 95.0 cm³/mol. The Hall–Kier alpha value is -2.17. The molecule has 2 aromatic rings. The Morgan fingerprint density at radius 2 is 1.58 bits per heavy atom. The molecule has 0 saturated heterocycles. The Morgan fingerprint density at radius 3 is 2.29 bits per heavy atom. The second-order valence-corrected chi connectivity index (χ2v) is 7.30. The van der Waals surface area contributed by atoms with Crippen molar-refractivity contribution >= 4 is 52.0 Å². The van der Waals surface area contributed by atoms with Crippen LogP contribution < -0.4 is 4.90 Å². The van der Waals surface area contributed by atoms with Crippen LogP contribution in [0.2, 0.25) is 0 Å². The molecule has 0 saturated carbocycles. The molecule has 120 valence electrons. The van der Waals surface area contributed by atoms with Crippen LogP contribution in [0.4, 0.5) is 11.4 Å². The van der Waals surface area contributed by atoms with Gasteiger partial charge in [0.05, 0.1) is 16.9 Å². The molecular formula is C18H12Cl2N2O2. The maximum absolute atomic E-state index is 12.8. The van der Waals surface area contributed by atoms with Gasteiger partial charge in [0.2, 0.25) is 11.6 Å². The zero-order chi connectivity index (χ0) is 17.2. The summed E-state index contributed by atoms with van der Waals surface area (Å²) in [5.74, 6) is -0.677. The summed E-state index contributed by atoms with van der Waals surface area (Å²) in [4.78, 5) is 31.1. The number of hydrogen-bond acceptors (Lipinski definition) is 4. The third-order valence-corrected chi connectivity index (χ3v) is 4.91. The fourth-order valence-corrected chi connectivity index (χ4v) is 3.60. The Balaban J connectivity index is 1.89. The number of ketones is 2. The number of aryl methyl sites for hydroxylation is 2. The highest BCUT2D eigenvalue weighted by atomic mass is 35.5. The topological polar surface area (TPSA) is 49.7 Å².